The zero-order valence-electron chi connectivity index (χ0n) is 14.3. The van der Waals surface area contributed by atoms with Crippen LogP contribution in [0.2, 0.25) is 0 Å². The second-order valence-corrected chi connectivity index (χ2v) is 7.87. The van der Waals surface area contributed by atoms with Crippen LogP contribution in [0, 0.1) is 6.92 Å². The van der Waals surface area contributed by atoms with Crippen LogP contribution in [0.5, 0.6) is 5.75 Å². The maximum Gasteiger partial charge on any atom is 0.210 e. The maximum atomic E-state index is 5.23. The summed E-state index contributed by atoms with van der Waals surface area (Å²) in [5, 5.41) is 12.5. The highest BCUT2D eigenvalue weighted by Gasteiger charge is 2.09. The van der Waals surface area contributed by atoms with Crippen molar-refractivity contribution in [1.82, 2.24) is 19.6 Å². The molecule has 0 aliphatic heterocycles. The van der Waals surface area contributed by atoms with E-state index in [1.54, 1.807) is 18.9 Å². The number of aromatic nitrogens is 4. The average Bonchev–Trinajstić information content (AvgIpc) is 3.27. The van der Waals surface area contributed by atoms with E-state index in [1.807, 2.05) is 36.5 Å². The van der Waals surface area contributed by atoms with Crippen LogP contribution < -0.4 is 10.1 Å². The molecule has 0 spiro atoms. The molecule has 4 rings (SSSR count). The number of benzene rings is 1. The Morgan fingerprint density at radius 3 is 3.00 bits per heavy atom. The van der Waals surface area contributed by atoms with Crippen molar-refractivity contribution in [3.05, 3.63) is 60.0 Å². The van der Waals surface area contributed by atoms with Crippen molar-refractivity contribution >= 4 is 39.6 Å². The minimum absolute atomic E-state index is 0.756. The van der Waals surface area contributed by atoms with Gasteiger partial charge in [-0.25, -0.2) is 4.98 Å². The summed E-state index contributed by atoms with van der Waals surface area (Å²) in [7, 11) is 1.65. The van der Waals surface area contributed by atoms with Gasteiger partial charge >= 0.3 is 0 Å². The van der Waals surface area contributed by atoms with Gasteiger partial charge in [-0.1, -0.05) is 35.2 Å². The number of aryl methyl sites for hydroxylation is 1. The molecule has 1 N–H and O–H groups in total. The third-order valence-electron chi connectivity index (χ3n) is 3.80. The summed E-state index contributed by atoms with van der Waals surface area (Å²) in [5.74, 6) is 1.56. The lowest BCUT2D eigenvalue weighted by Crippen LogP contribution is -1.90. The van der Waals surface area contributed by atoms with Gasteiger partial charge in [0.25, 0.3) is 0 Å². The molecule has 0 aliphatic rings. The van der Waals surface area contributed by atoms with E-state index in [0.717, 1.165) is 38.0 Å². The van der Waals surface area contributed by atoms with Gasteiger partial charge in [-0.2, -0.15) is 0 Å². The smallest absolute Gasteiger partial charge is 0.210 e. The molecular formula is C18H17N5OS2. The van der Waals surface area contributed by atoms with Gasteiger partial charge in [-0.3, -0.25) is 0 Å². The Bertz CT molecular complexity index is 1040. The van der Waals surface area contributed by atoms with Gasteiger partial charge in [0.15, 0.2) is 4.34 Å². The molecule has 0 bridgehead atoms. The molecule has 1 aromatic carbocycles. The van der Waals surface area contributed by atoms with Crippen molar-refractivity contribution in [2.75, 3.05) is 12.4 Å². The Morgan fingerprint density at radius 1 is 1.23 bits per heavy atom. The Labute approximate surface area is 159 Å². The number of fused-ring (bicyclic) bond motifs is 1. The molecule has 3 aromatic heterocycles. The van der Waals surface area contributed by atoms with Crippen molar-refractivity contribution in [1.29, 1.82) is 0 Å². The molecular weight excluding hydrogens is 366 g/mol. The average molecular weight is 384 g/mol. The third kappa shape index (κ3) is 3.66. The number of hydrogen-bond acceptors (Lipinski definition) is 7. The molecule has 4 aromatic rings. The summed E-state index contributed by atoms with van der Waals surface area (Å²) >= 11 is 3.16. The van der Waals surface area contributed by atoms with E-state index in [4.69, 9.17) is 9.72 Å². The normalized spacial score (nSPS) is 11.0. The van der Waals surface area contributed by atoms with E-state index in [-0.39, 0.29) is 0 Å². The quantitative estimate of drug-likeness (QED) is 0.493. The fraction of sp³-hybridized carbons (Fsp3) is 0.167. The first-order valence-electron chi connectivity index (χ1n) is 8.02. The summed E-state index contributed by atoms with van der Waals surface area (Å²) in [6.45, 7) is 2.07. The molecule has 6 nitrogen and oxygen atoms in total. The predicted molar refractivity (Wildman–Crippen MR) is 106 cm³/mol. The molecule has 132 valence electrons. The number of thioether (sulfide) groups is 1. The van der Waals surface area contributed by atoms with Gasteiger partial charge in [0.05, 0.1) is 12.8 Å². The fourth-order valence-corrected chi connectivity index (χ4v) is 4.21. The van der Waals surface area contributed by atoms with Crippen molar-refractivity contribution in [2.24, 2.45) is 0 Å². The molecule has 26 heavy (non-hydrogen) atoms. The van der Waals surface area contributed by atoms with Crippen molar-refractivity contribution in [2.45, 2.75) is 17.0 Å². The number of rotatable bonds is 6. The molecule has 0 saturated heterocycles. The number of anilines is 2. The van der Waals surface area contributed by atoms with Crippen LogP contribution in [-0.4, -0.2) is 26.7 Å². The highest BCUT2D eigenvalue weighted by atomic mass is 32.2. The van der Waals surface area contributed by atoms with Crippen LogP contribution in [0.1, 0.15) is 11.3 Å². The van der Waals surface area contributed by atoms with Crippen LogP contribution >= 0.6 is 23.1 Å². The number of nitrogens with zero attached hydrogens (tertiary/aromatic N) is 4. The molecule has 0 fully saturated rings. The number of imidazole rings is 1. The maximum absolute atomic E-state index is 5.23. The molecule has 3 heterocycles. The van der Waals surface area contributed by atoms with Gasteiger partial charge < -0.3 is 14.5 Å². The molecule has 8 heteroatoms. The SMILES string of the molecule is COc1cccc(Nc2nnc(SCc3cn4cccc(C)c4n3)s2)c1. The number of nitrogens with one attached hydrogen (secondary N) is 1. The minimum atomic E-state index is 0.756. The topological polar surface area (TPSA) is 64.3 Å². The highest BCUT2D eigenvalue weighted by molar-refractivity contribution is 8.00. The first-order valence-corrected chi connectivity index (χ1v) is 9.82. The molecule has 0 saturated carbocycles. The van der Waals surface area contributed by atoms with Crippen molar-refractivity contribution in [3.8, 4) is 5.75 Å². The third-order valence-corrected chi connectivity index (χ3v) is 5.80. The summed E-state index contributed by atoms with van der Waals surface area (Å²) in [4.78, 5) is 4.69. The zero-order valence-corrected chi connectivity index (χ0v) is 16.0. The Morgan fingerprint density at radius 2 is 2.15 bits per heavy atom. The zero-order chi connectivity index (χ0) is 17.9. The van der Waals surface area contributed by atoms with Crippen LogP contribution in [0.4, 0.5) is 10.8 Å². The summed E-state index contributed by atoms with van der Waals surface area (Å²) < 4.78 is 8.20. The van der Waals surface area contributed by atoms with Crippen LogP contribution in [0.3, 0.4) is 0 Å². The Hall–Kier alpha value is -2.58. The Kier molecular flexibility index (Phi) is 4.77. The Balaban J connectivity index is 1.42. The number of ether oxygens (including phenoxy) is 1. The lowest BCUT2D eigenvalue weighted by molar-refractivity contribution is 0.415. The number of pyridine rings is 1. The van der Waals surface area contributed by atoms with E-state index in [0.29, 0.717) is 0 Å². The van der Waals surface area contributed by atoms with E-state index in [1.165, 1.54) is 16.9 Å². The molecule has 0 radical (unpaired) electrons. The summed E-state index contributed by atoms with van der Waals surface area (Å²) in [6, 6.07) is 11.8. The monoisotopic (exact) mass is 383 g/mol. The van der Waals surface area contributed by atoms with E-state index in [2.05, 4.69) is 39.1 Å². The first kappa shape index (κ1) is 16.9. The fourth-order valence-electron chi connectivity index (χ4n) is 2.55. The van der Waals surface area contributed by atoms with Crippen LogP contribution in [0.25, 0.3) is 5.65 Å². The van der Waals surface area contributed by atoms with E-state index < -0.39 is 0 Å². The van der Waals surface area contributed by atoms with Gasteiger partial charge in [-0.15, -0.1) is 10.2 Å². The van der Waals surface area contributed by atoms with Gasteiger partial charge in [0.2, 0.25) is 5.13 Å². The minimum Gasteiger partial charge on any atom is -0.497 e. The van der Waals surface area contributed by atoms with Crippen molar-refractivity contribution < 1.29 is 4.74 Å². The largest absolute Gasteiger partial charge is 0.497 e. The van der Waals surface area contributed by atoms with E-state index >= 15 is 0 Å². The molecule has 0 amide bonds. The lowest BCUT2D eigenvalue weighted by Gasteiger charge is -2.04. The summed E-state index contributed by atoms with van der Waals surface area (Å²) in [6.07, 6.45) is 4.08. The standard InChI is InChI=1S/C18H17N5OS2/c1-12-5-4-8-23-10-14(19-16(12)23)11-25-18-22-21-17(26-18)20-13-6-3-7-15(9-13)24-2/h3-10H,11H2,1-2H3,(H,20,21). The van der Waals surface area contributed by atoms with Crippen molar-refractivity contribution in [3.63, 3.8) is 0 Å². The number of methoxy groups -OCH3 is 1. The lowest BCUT2D eigenvalue weighted by atomic mass is 10.3. The van der Waals surface area contributed by atoms with Crippen LogP contribution in [-0.2, 0) is 5.75 Å². The number of hydrogen-bond donors (Lipinski definition) is 1. The molecule has 0 unspecified atom stereocenters. The van der Waals surface area contributed by atoms with Gasteiger partial charge in [0, 0.05) is 29.9 Å². The second-order valence-electron chi connectivity index (χ2n) is 5.67. The van der Waals surface area contributed by atoms with Crippen LogP contribution in [0.15, 0.2) is 53.1 Å². The first-order chi connectivity index (χ1) is 12.7. The summed E-state index contributed by atoms with van der Waals surface area (Å²) in [5.41, 5.74) is 4.12. The van der Waals surface area contributed by atoms with Gasteiger partial charge in [0.1, 0.15) is 11.4 Å². The van der Waals surface area contributed by atoms with Gasteiger partial charge in [-0.05, 0) is 30.7 Å². The highest BCUT2D eigenvalue weighted by Crippen LogP contribution is 2.30. The second kappa shape index (κ2) is 7.35. The predicted octanol–water partition coefficient (Wildman–Crippen LogP) is 4.54. The van der Waals surface area contributed by atoms with E-state index in [9.17, 15) is 0 Å². The molecule has 0 aliphatic carbocycles. The molecule has 0 atom stereocenters.